The van der Waals surface area contributed by atoms with Crippen molar-refractivity contribution in [3.63, 3.8) is 0 Å². The molecule has 0 saturated carbocycles. The van der Waals surface area contributed by atoms with Gasteiger partial charge in [-0.2, -0.15) is 0 Å². The van der Waals surface area contributed by atoms with Crippen LogP contribution in [0.3, 0.4) is 0 Å². The van der Waals surface area contributed by atoms with Crippen molar-refractivity contribution in [1.82, 2.24) is 19.8 Å². The van der Waals surface area contributed by atoms with Crippen LogP contribution < -0.4 is 10.6 Å². The van der Waals surface area contributed by atoms with Gasteiger partial charge < -0.3 is 15.2 Å². The molecular formula is C29H27N5O3. The summed E-state index contributed by atoms with van der Waals surface area (Å²) in [5, 5.41) is 7.58. The SMILES string of the molecule is CC1(c2ccc3ccccc3c2)NC(=O)N(CC(=O)Nc2ccc(-c3cn4c(n3)CCCC4)cc2)C1=O. The maximum Gasteiger partial charge on any atom is 0.325 e. The molecule has 1 aromatic heterocycles. The van der Waals surface area contributed by atoms with Crippen LogP contribution >= 0.6 is 0 Å². The number of amides is 4. The lowest BCUT2D eigenvalue weighted by atomic mass is 9.90. The number of carbonyl (C=O) groups excluding carboxylic acids is 3. The predicted octanol–water partition coefficient (Wildman–Crippen LogP) is 4.45. The molecular weight excluding hydrogens is 466 g/mol. The molecule has 6 rings (SSSR count). The van der Waals surface area contributed by atoms with E-state index in [1.165, 1.54) is 12.8 Å². The Hall–Kier alpha value is -4.46. The number of nitrogens with zero attached hydrogens (tertiary/aromatic N) is 3. The van der Waals surface area contributed by atoms with Crippen molar-refractivity contribution >= 4 is 34.3 Å². The van der Waals surface area contributed by atoms with Crippen LogP contribution in [0.5, 0.6) is 0 Å². The Morgan fingerprint density at radius 1 is 1.03 bits per heavy atom. The lowest BCUT2D eigenvalue weighted by molar-refractivity contribution is -0.133. The first kappa shape index (κ1) is 23.0. The summed E-state index contributed by atoms with van der Waals surface area (Å²) in [6, 6.07) is 20.3. The molecule has 1 unspecified atom stereocenters. The molecule has 0 bridgehead atoms. The molecule has 2 N–H and O–H groups in total. The molecule has 186 valence electrons. The van der Waals surface area contributed by atoms with Gasteiger partial charge in [0.15, 0.2) is 0 Å². The zero-order valence-corrected chi connectivity index (χ0v) is 20.5. The smallest absolute Gasteiger partial charge is 0.325 e. The molecule has 4 amide bonds. The fourth-order valence-corrected chi connectivity index (χ4v) is 5.16. The molecule has 2 aliphatic rings. The van der Waals surface area contributed by atoms with E-state index in [0.717, 1.165) is 45.7 Å². The summed E-state index contributed by atoms with van der Waals surface area (Å²) < 4.78 is 2.21. The Bertz CT molecular complexity index is 1520. The lowest BCUT2D eigenvalue weighted by Gasteiger charge is -2.22. The Labute approximate surface area is 214 Å². The van der Waals surface area contributed by atoms with Crippen LogP contribution in [0.2, 0.25) is 0 Å². The number of imidazole rings is 1. The van der Waals surface area contributed by atoms with E-state index in [2.05, 4.69) is 21.4 Å². The number of nitrogens with one attached hydrogen (secondary N) is 2. The Kier molecular flexibility index (Phi) is 5.52. The molecule has 8 heteroatoms. The van der Waals surface area contributed by atoms with E-state index in [9.17, 15) is 14.4 Å². The number of aromatic nitrogens is 2. The number of benzene rings is 3. The maximum atomic E-state index is 13.3. The molecule has 8 nitrogen and oxygen atoms in total. The molecule has 3 heterocycles. The fraction of sp³-hybridized carbons (Fsp3) is 0.241. The third-order valence-corrected chi connectivity index (χ3v) is 7.28. The second kappa shape index (κ2) is 8.89. The highest BCUT2D eigenvalue weighted by Crippen LogP contribution is 2.31. The Morgan fingerprint density at radius 3 is 2.59 bits per heavy atom. The summed E-state index contributed by atoms with van der Waals surface area (Å²) in [5.41, 5.74) is 1.90. The van der Waals surface area contributed by atoms with Crippen LogP contribution in [-0.2, 0) is 28.1 Å². The van der Waals surface area contributed by atoms with E-state index in [1.54, 1.807) is 19.1 Å². The van der Waals surface area contributed by atoms with Gasteiger partial charge in [-0.3, -0.25) is 14.5 Å². The molecule has 37 heavy (non-hydrogen) atoms. The minimum atomic E-state index is -1.24. The third-order valence-electron chi connectivity index (χ3n) is 7.28. The van der Waals surface area contributed by atoms with E-state index in [4.69, 9.17) is 4.98 Å². The number of imide groups is 1. The Balaban J connectivity index is 1.13. The van der Waals surface area contributed by atoms with Crippen LogP contribution in [0.25, 0.3) is 22.0 Å². The van der Waals surface area contributed by atoms with Crippen LogP contribution in [0.4, 0.5) is 10.5 Å². The van der Waals surface area contributed by atoms with Crippen LogP contribution in [-0.4, -0.2) is 38.8 Å². The van der Waals surface area contributed by atoms with Crippen molar-refractivity contribution in [3.8, 4) is 11.3 Å². The highest BCUT2D eigenvalue weighted by molar-refractivity contribution is 6.10. The number of carbonyl (C=O) groups is 3. The lowest BCUT2D eigenvalue weighted by Crippen LogP contribution is -2.42. The van der Waals surface area contributed by atoms with Gasteiger partial charge in [0.25, 0.3) is 5.91 Å². The zero-order valence-electron chi connectivity index (χ0n) is 20.5. The highest BCUT2D eigenvalue weighted by atomic mass is 16.2. The molecule has 1 atom stereocenters. The molecule has 1 fully saturated rings. The topological polar surface area (TPSA) is 96.3 Å². The average Bonchev–Trinajstić information content (AvgIpc) is 3.44. The van der Waals surface area contributed by atoms with Gasteiger partial charge in [0.2, 0.25) is 5.91 Å². The van der Waals surface area contributed by atoms with E-state index < -0.39 is 23.4 Å². The summed E-state index contributed by atoms with van der Waals surface area (Å²) >= 11 is 0. The van der Waals surface area contributed by atoms with Crippen molar-refractivity contribution in [2.45, 2.75) is 38.3 Å². The predicted molar refractivity (Wildman–Crippen MR) is 141 cm³/mol. The number of rotatable bonds is 5. The van der Waals surface area contributed by atoms with Crippen molar-refractivity contribution in [2.75, 3.05) is 11.9 Å². The monoisotopic (exact) mass is 493 g/mol. The quantitative estimate of drug-likeness (QED) is 0.402. The van der Waals surface area contributed by atoms with Gasteiger partial charge >= 0.3 is 6.03 Å². The fourth-order valence-electron chi connectivity index (χ4n) is 5.16. The van der Waals surface area contributed by atoms with E-state index >= 15 is 0 Å². The van der Waals surface area contributed by atoms with Gasteiger partial charge in [-0.25, -0.2) is 9.78 Å². The summed E-state index contributed by atoms with van der Waals surface area (Å²) in [7, 11) is 0. The van der Waals surface area contributed by atoms with Gasteiger partial charge in [-0.05, 0) is 54.3 Å². The standard InChI is InChI=1S/C29H27N5O3/c1-29(22-12-9-19-6-2-3-7-21(19)16-22)27(36)34(28(37)32-29)18-26(35)30-23-13-10-20(11-14-23)24-17-33-15-5-4-8-25(33)31-24/h2-3,6-7,9-14,16-17H,4-5,8,15,18H2,1H3,(H,30,35)(H,32,37). The first-order chi connectivity index (χ1) is 17.9. The first-order valence-electron chi connectivity index (χ1n) is 12.5. The number of anilines is 1. The summed E-state index contributed by atoms with van der Waals surface area (Å²) in [4.78, 5) is 44.5. The second-order valence-corrected chi connectivity index (χ2v) is 9.83. The summed E-state index contributed by atoms with van der Waals surface area (Å²) in [6.07, 6.45) is 5.41. The third kappa shape index (κ3) is 4.14. The van der Waals surface area contributed by atoms with E-state index in [0.29, 0.717) is 11.3 Å². The maximum absolute atomic E-state index is 13.3. The van der Waals surface area contributed by atoms with Gasteiger partial charge in [0.1, 0.15) is 17.9 Å². The van der Waals surface area contributed by atoms with Gasteiger partial charge in [-0.1, -0.05) is 48.5 Å². The molecule has 1 saturated heterocycles. The van der Waals surface area contributed by atoms with Crippen molar-refractivity contribution in [3.05, 3.63) is 84.3 Å². The molecule has 0 radical (unpaired) electrons. The first-order valence-corrected chi connectivity index (χ1v) is 12.5. The second-order valence-electron chi connectivity index (χ2n) is 9.83. The molecule has 0 spiro atoms. The summed E-state index contributed by atoms with van der Waals surface area (Å²) in [5.74, 6) is 0.210. The van der Waals surface area contributed by atoms with Crippen molar-refractivity contribution < 1.29 is 14.4 Å². The van der Waals surface area contributed by atoms with Crippen LogP contribution in [0.15, 0.2) is 72.9 Å². The Morgan fingerprint density at radius 2 is 1.81 bits per heavy atom. The van der Waals surface area contributed by atoms with E-state index in [-0.39, 0.29) is 6.54 Å². The summed E-state index contributed by atoms with van der Waals surface area (Å²) in [6.45, 7) is 2.30. The molecule has 2 aliphatic heterocycles. The van der Waals surface area contributed by atoms with E-state index in [1.807, 2.05) is 54.6 Å². The molecule has 0 aliphatic carbocycles. The van der Waals surface area contributed by atoms with Crippen LogP contribution in [0.1, 0.15) is 31.2 Å². The zero-order chi connectivity index (χ0) is 25.6. The minimum absolute atomic E-state index is 0.372. The van der Waals surface area contributed by atoms with Crippen molar-refractivity contribution in [1.29, 1.82) is 0 Å². The van der Waals surface area contributed by atoms with Gasteiger partial charge in [0.05, 0.1) is 5.69 Å². The van der Waals surface area contributed by atoms with Crippen molar-refractivity contribution in [2.24, 2.45) is 0 Å². The normalized spacial score (nSPS) is 19.1. The van der Waals surface area contributed by atoms with Gasteiger partial charge in [0, 0.05) is 30.4 Å². The highest BCUT2D eigenvalue weighted by Gasteiger charge is 2.49. The van der Waals surface area contributed by atoms with Gasteiger partial charge in [-0.15, -0.1) is 0 Å². The molecule has 3 aromatic carbocycles. The number of fused-ring (bicyclic) bond motifs is 2. The number of aryl methyl sites for hydroxylation is 2. The number of urea groups is 1. The molecule has 4 aromatic rings. The average molecular weight is 494 g/mol. The minimum Gasteiger partial charge on any atom is -0.334 e. The number of hydrogen-bond acceptors (Lipinski definition) is 4. The number of hydrogen-bond donors (Lipinski definition) is 2. The largest absolute Gasteiger partial charge is 0.334 e. The van der Waals surface area contributed by atoms with Crippen LogP contribution in [0, 0.1) is 0 Å².